The summed E-state index contributed by atoms with van der Waals surface area (Å²) in [6.07, 6.45) is 2.19. The van der Waals surface area contributed by atoms with Gasteiger partial charge in [0.2, 0.25) is 0 Å². The molecule has 0 spiro atoms. The Balaban J connectivity index is 1.73. The zero-order valence-corrected chi connectivity index (χ0v) is 21.8. The van der Waals surface area contributed by atoms with Crippen molar-refractivity contribution in [2.24, 2.45) is 0 Å². The van der Waals surface area contributed by atoms with E-state index in [9.17, 15) is 0 Å². The second kappa shape index (κ2) is 10.8. The van der Waals surface area contributed by atoms with Gasteiger partial charge in [-0.05, 0) is 91.4 Å². The van der Waals surface area contributed by atoms with E-state index in [1.165, 1.54) is 22.6 Å². The van der Waals surface area contributed by atoms with Gasteiger partial charge in [-0.15, -0.1) is 0 Å². The van der Waals surface area contributed by atoms with Gasteiger partial charge in [0.15, 0.2) is 0 Å². The summed E-state index contributed by atoms with van der Waals surface area (Å²) in [6, 6.07) is 39.8. The Labute approximate surface area is 211 Å². The van der Waals surface area contributed by atoms with E-state index in [1.54, 1.807) is 0 Å². The molecular formula is C33H38N2. The lowest BCUT2D eigenvalue weighted by molar-refractivity contribution is 0.506. The summed E-state index contributed by atoms with van der Waals surface area (Å²) in [6.45, 7) is 11.4. The number of benzene rings is 4. The summed E-state index contributed by atoms with van der Waals surface area (Å²) in [4.78, 5) is 4.76. The Kier molecular flexibility index (Phi) is 7.60. The first kappa shape index (κ1) is 24.6. The minimum Gasteiger partial charge on any atom is -0.339 e. The van der Waals surface area contributed by atoms with Gasteiger partial charge >= 0.3 is 0 Å². The molecule has 0 heterocycles. The molecule has 1 unspecified atom stereocenters. The molecule has 4 aromatic rings. The normalized spacial score (nSPS) is 12.3. The molecule has 35 heavy (non-hydrogen) atoms. The van der Waals surface area contributed by atoms with Crippen molar-refractivity contribution in [2.75, 3.05) is 9.80 Å². The van der Waals surface area contributed by atoms with Crippen LogP contribution in [0.1, 0.15) is 53.0 Å². The minimum absolute atomic E-state index is 0.175. The molecule has 4 rings (SSSR count). The molecule has 0 saturated heterocycles. The summed E-state index contributed by atoms with van der Waals surface area (Å²) in [5.41, 5.74) is 7.46. The Hall–Kier alpha value is -3.52. The lowest BCUT2D eigenvalue weighted by Gasteiger charge is -2.32. The van der Waals surface area contributed by atoms with Crippen molar-refractivity contribution in [3.63, 3.8) is 0 Å². The van der Waals surface area contributed by atoms with Crippen LogP contribution in [0.4, 0.5) is 28.4 Å². The molecule has 1 atom stereocenters. The van der Waals surface area contributed by atoms with E-state index in [0.717, 1.165) is 24.2 Å². The van der Waals surface area contributed by atoms with Crippen molar-refractivity contribution in [2.45, 2.75) is 58.9 Å². The van der Waals surface area contributed by atoms with Crippen LogP contribution in [-0.4, -0.2) is 6.04 Å². The molecule has 0 bridgehead atoms. The summed E-state index contributed by atoms with van der Waals surface area (Å²) >= 11 is 0. The maximum absolute atomic E-state index is 2.43. The fraction of sp³-hybridized carbons (Fsp3) is 0.273. The van der Waals surface area contributed by atoms with Gasteiger partial charge in [0.1, 0.15) is 0 Å². The Morgan fingerprint density at radius 2 is 0.971 bits per heavy atom. The standard InChI is InChI=1S/C33H38N2/c1-6-26(3)34(28-14-10-8-11-15-28)30-22-24-32(25-23-30)35(29-16-12-9-13-17-29)31-20-18-27(19-21-31)33(4,5)7-2/h8-26H,6-7H2,1-5H3. The van der Waals surface area contributed by atoms with Crippen LogP contribution in [0.3, 0.4) is 0 Å². The fourth-order valence-corrected chi connectivity index (χ4v) is 4.48. The van der Waals surface area contributed by atoms with Crippen molar-refractivity contribution < 1.29 is 0 Å². The van der Waals surface area contributed by atoms with E-state index in [4.69, 9.17) is 0 Å². The lowest BCUT2D eigenvalue weighted by atomic mass is 9.82. The highest BCUT2D eigenvalue weighted by Crippen LogP contribution is 2.38. The fourth-order valence-electron chi connectivity index (χ4n) is 4.48. The maximum atomic E-state index is 2.43. The molecule has 0 saturated carbocycles. The Bertz CT molecular complexity index is 1180. The van der Waals surface area contributed by atoms with Gasteiger partial charge in [0.05, 0.1) is 0 Å². The van der Waals surface area contributed by atoms with Crippen LogP contribution in [0.2, 0.25) is 0 Å². The maximum Gasteiger partial charge on any atom is 0.0463 e. The van der Waals surface area contributed by atoms with E-state index in [-0.39, 0.29) is 5.41 Å². The third-order valence-corrected chi connectivity index (χ3v) is 7.26. The smallest absolute Gasteiger partial charge is 0.0463 e. The predicted molar refractivity (Wildman–Crippen MR) is 153 cm³/mol. The van der Waals surface area contributed by atoms with Crippen molar-refractivity contribution >= 4 is 28.4 Å². The number of hydrogen-bond donors (Lipinski definition) is 0. The molecule has 2 heteroatoms. The average molecular weight is 463 g/mol. The quantitative estimate of drug-likeness (QED) is 0.244. The molecule has 0 N–H and O–H groups in total. The molecule has 2 nitrogen and oxygen atoms in total. The van der Waals surface area contributed by atoms with Gasteiger partial charge in [0.25, 0.3) is 0 Å². The highest BCUT2D eigenvalue weighted by Gasteiger charge is 2.20. The zero-order valence-electron chi connectivity index (χ0n) is 21.8. The van der Waals surface area contributed by atoms with E-state index in [2.05, 4.69) is 154 Å². The van der Waals surface area contributed by atoms with Gasteiger partial charge < -0.3 is 9.80 Å². The van der Waals surface area contributed by atoms with Gasteiger partial charge in [0, 0.05) is 34.5 Å². The van der Waals surface area contributed by atoms with Gasteiger partial charge in [-0.3, -0.25) is 0 Å². The first-order chi connectivity index (χ1) is 16.9. The second-order valence-electron chi connectivity index (χ2n) is 9.93. The Morgan fingerprint density at radius 3 is 1.46 bits per heavy atom. The Morgan fingerprint density at radius 1 is 0.571 bits per heavy atom. The third-order valence-electron chi connectivity index (χ3n) is 7.26. The molecule has 0 aliphatic heterocycles. The van der Waals surface area contributed by atoms with Crippen molar-refractivity contribution in [1.82, 2.24) is 0 Å². The SMILES string of the molecule is CCC(C)N(c1ccccc1)c1ccc(N(c2ccccc2)c2ccc(C(C)(C)CC)cc2)cc1. The van der Waals surface area contributed by atoms with Gasteiger partial charge in [-0.25, -0.2) is 0 Å². The monoisotopic (exact) mass is 462 g/mol. The third kappa shape index (κ3) is 5.43. The van der Waals surface area contributed by atoms with Gasteiger partial charge in [-0.1, -0.05) is 76.2 Å². The van der Waals surface area contributed by atoms with Crippen LogP contribution in [0.15, 0.2) is 109 Å². The van der Waals surface area contributed by atoms with Crippen molar-refractivity contribution in [3.05, 3.63) is 115 Å². The molecule has 4 aromatic carbocycles. The summed E-state index contributed by atoms with van der Waals surface area (Å²) in [7, 11) is 0. The van der Waals surface area contributed by atoms with E-state index in [0.29, 0.717) is 6.04 Å². The topological polar surface area (TPSA) is 6.48 Å². The molecule has 0 fully saturated rings. The van der Waals surface area contributed by atoms with E-state index < -0.39 is 0 Å². The van der Waals surface area contributed by atoms with Crippen LogP contribution < -0.4 is 9.80 Å². The number of rotatable bonds is 9. The summed E-state index contributed by atoms with van der Waals surface area (Å²) < 4.78 is 0. The predicted octanol–water partition coefficient (Wildman–Crippen LogP) is 9.78. The molecule has 0 aromatic heterocycles. The van der Waals surface area contributed by atoms with E-state index in [1.807, 2.05) is 0 Å². The molecule has 0 aliphatic carbocycles. The molecule has 180 valence electrons. The highest BCUT2D eigenvalue weighted by molar-refractivity contribution is 5.78. The van der Waals surface area contributed by atoms with Crippen LogP contribution >= 0.6 is 0 Å². The van der Waals surface area contributed by atoms with Crippen molar-refractivity contribution in [3.8, 4) is 0 Å². The van der Waals surface area contributed by atoms with Crippen molar-refractivity contribution in [1.29, 1.82) is 0 Å². The lowest BCUT2D eigenvalue weighted by Crippen LogP contribution is -2.27. The second-order valence-corrected chi connectivity index (χ2v) is 9.93. The first-order valence-corrected chi connectivity index (χ1v) is 12.8. The zero-order chi connectivity index (χ0) is 24.8. The number of hydrogen-bond acceptors (Lipinski definition) is 2. The number of anilines is 5. The highest BCUT2D eigenvalue weighted by atomic mass is 15.2. The average Bonchev–Trinajstić information content (AvgIpc) is 2.91. The van der Waals surface area contributed by atoms with Crippen LogP contribution in [0.5, 0.6) is 0 Å². The van der Waals surface area contributed by atoms with Crippen LogP contribution in [0, 0.1) is 0 Å². The minimum atomic E-state index is 0.175. The largest absolute Gasteiger partial charge is 0.339 e. The molecular weight excluding hydrogens is 424 g/mol. The summed E-state index contributed by atoms with van der Waals surface area (Å²) in [5, 5.41) is 0. The van der Waals surface area contributed by atoms with Gasteiger partial charge in [-0.2, -0.15) is 0 Å². The number of para-hydroxylation sites is 2. The molecule has 0 aliphatic rings. The number of nitrogens with zero attached hydrogens (tertiary/aromatic N) is 2. The van der Waals surface area contributed by atoms with Crippen LogP contribution in [-0.2, 0) is 5.41 Å². The van der Waals surface area contributed by atoms with E-state index >= 15 is 0 Å². The molecule has 0 amide bonds. The van der Waals surface area contributed by atoms with Crippen LogP contribution in [0.25, 0.3) is 0 Å². The summed E-state index contributed by atoms with van der Waals surface area (Å²) in [5.74, 6) is 0. The first-order valence-electron chi connectivity index (χ1n) is 12.8. The molecule has 0 radical (unpaired) electrons.